The monoisotopic (exact) mass is 364 g/mol. The topological polar surface area (TPSA) is 97.2 Å². The molecule has 7 nitrogen and oxygen atoms in total. The van der Waals surface area contributed by atoms with Crippen LogP contribution in [0.1, 0.15) is 19.4 Å². The second-order valence-electron chi connectivity index (χ2n) is 6.51. The van der Waals surface area contributed by atoms with Gasteiger partial charge in [-0.25, -0.2) is 0 Å². The molecule has 0 aliphatic heterocycles. The number of nitrogens with zero attached hydrogens (tertiary/aromatic N) is 2. The lowest BCUT2D eigenvalue weighted by Crippen LogP contribution is -2.17. The summed E-state index contributed by atoms with van der Waals surface area (Å²) in [5, 5.41) is 18.6. The largest absolute Gasteiger partial charge is 0.380 e. The van der Waals surface area contributed by atoms with Gasteiger partial charge in [-0.15, -0.1) is 0 Å². The van der Waals surface area contributed by atoms with Gasteiger partial charge >= 0.3 is 0 Å². The minimum atomic E-state index is -0.408. The summed E-state index contributed by atoms with van der Waals surface area (Å²) in [6.45, 7) is 4.20. The van der Waals surface area contributed by atoms with Crippen LogP contribution < -0.4 is 10.6 Å². The van der Waals surface area contributed by atoms with Crippen LogP contribution in [0.15, 0.2) is 54.9 Å². The number of fused-ring (bicyclic) bond motifs is 1. The first-order valence-corrected chi connectivity index (χ1v) is 8.60. The standard InChI is InChI=1S/C20H20N4O3/c1-13(2)20(25)23-15-5-3-4-14(10-15)11-22-18-6-7-19(24(26)27)17-12-21-9-8-16(17)18/h3-10,12-13,22H,11H2,1-2H3,(H,23,25). The van der Waals surface area contributed by atoms with Crippen molar-refractivity contribution in [3.8, 4) is 0 Å². The van der Waals surface area contributed by atoms with E-state index in [2.05, 4.69) is 15.6 Å². The Morgan fingerprint density at radius 2 is 2.00 bits per heavy atom. The van der Waals surface area contributed by atoms with Crippen molar-refractivity contribution < 1.29 is 9.72 Å². The molecule has 0 bridgehead atoms. The maximum Gasteiger partial charge on any atom is 0.278 e. The molecule has 0 spiro atoms. The second-order valence-corrected chi connectivity index (χ2v) is 6.51. The highest BCUT2D eigenvalue weighted by atomic mass is 16.6. The first kappa shape index (κ1) is 18.3. The summed E-state index contributed by atoms with van der Waals surface area (Å²) in [6, 6.07) is 12.5. The second kappa shape index (κ2) is 7.82. The fourth-order valence-corrected chi connectivity index (χ4v) is 2.73. The van der Waals surface area contributed by atoms with Crippen LogP contribution in [0.4, 0.5) is 17.1 Å². The molecule has 0 saturated carbocycles. The minimum absolute atomic E-state index is 0.0297. The van der Waals surface area contributed by atoms with E-state index in [1.54, 1.807) is 18.3 Å². The predicted octanol–water partition coefficient (Wildman–Crippen LogP) is 4.35. The Labute approximate surface area is 156 Å². The van der Waals surface area contributed by atoms with Gasteiger partial charge in [0.1, 0.15) is 0 Å². The third kappa shape index (κ3) is 4.20. The molecule has 0 atom stereocenters. The van der Waals surface area contributed by atoms with Gasteiger partial charge in [0.15, 0.2) is 0 Å². The molecule has 2 aromatic carbocycles. The van der Waals surface area contributed by atoms with Crippen LogP contribution in [-0.4, -0.2) is 15.8 Å². The predicted molar refractivity (Wildman–Crippen MR) is 106 cm³/mol. The van der Waals surface area contributed by atoms with Gasteiger partial charge in [0.2, 0.25) is 5.91 Å². The number of aromatic nitrogens is 1. The highest BCUT2D eigenvalue weighted by Crippen LogP contribution is 2.31. The van der Waals surface area contributed by atoms with Crippen LogP contribution >= 0.6 is 0 Å². The van der Waals surface area contributed by atoms with E-state index in [0.717, 1.165) is 22.3 Å². The number of anilines is 2. The molecule has 1 aromatic heterocycles. The quantitative estimate of drug-likeness (QED) is 0.501. The van der Waals surface area contributed by atoms with E-state index in [9.17, 15) is 14.9 Å². The number of nitrogens with one attached hydrogen (secondary N) is 2. The zero-order valence-corrected chi connectivity index (χ0v) is 15.1. The molecule has 0 unspecified atom stereocenters. The molecule has 0 fully saturated rings. The molecule has 3 rings (SSSR count). The van der Waals surface area contributed by atoms with E-state index in [4.69, 9.17) is 0 Å². The number of pyridine rings is 1. The molecule has 0 aliphatic carbocycles. The van der Waals surface area contributed by atoms with Crippen molar-refractivity contribution in [3.05, 3.63) is 70.5 Å². The molecular weight excluding hydrogens is 344 g/mol. The first-order chi connectivity index (χ1) is 13.0. The highest BCUT2D eigenvalue weighted by Gasteiger charge is 2.14. The SMILES string of the molecule is CC(C)C(=O)Nc1cccc(CNc2ccc([N+](=O)[O-])c3cnccc23)c1. The van der Waals surface area contributed by atoms with Crippen LogP contribution in [0.25, 0.3) is 10.8 Å². The van der Waals surface area contributed by atoms with E-state index in [0.29, 0.717) is 11.9 Å². The van der Waals surface area contributed by atoms with E-state index < -0.39 is 4.92 Å². The molecule has 27 heavy (non-hydrogen) atoms. The van der Waals surface area contributed by atoms with Crippen LogP contribution in [-0.2, 0) is 11.3 Å². The van der Waals surface area contributed by atoms with Gasteiger partial charge in [-0.1, -0.05) is 26.0 Å². The molecule has 0 radical (unpaired) electrons. The van der Waals surface area contributed by atoms with Crippen LogP contribution in [0, 0.1) is 16.0 Å². The number of hydrogen-bond acceptors (Lipinski definition) is 5. The van der Waals surface area contributed by atoms with E-state index in [1.807, 2.05) is 38.1 Å². The molecule has 1 amide bonds. The number of hydrogen-bond donors (Lipinski definition) is 2. The molecule has 138 valence electrons. The first-order valence-electron chi connectivity index (χ1n) is 8.60. The molecule has 0 aliphatic rings. The normalized spacial score (nSPS) is 10.8. The summed E-state index contributed by atoms with van der Waals surface area (Å²) in [7, 11) is 0. The maximum atomic E-state index is 11.8. The third-order valence-corrected chi connectivity index (χ3v) is 4.19. The van der Waals surface area contributed by atoms with Gasteiger partial charge in [0.25, 0.3) is 5.69 Å². The Morgan fingerprint density at radius 3 is 2.74 bits per heavy atom. The molecule has 2 N–H and O–H groups in total. The lowest BCUT2D eigenvalue weighted by molar-refractivity contribution is -0.383. The summed E-state index contributed by atoms with van der Waals surface area (Å²) in [4.78, 5) is 26.6. The zero-order chi connectivity index (χ0) is 19.4. The fourth-order valence-electron chi connectivity index (χ4n) is 2.73. The van der Waals surface area contributed by atoms with Crippen molar-refractivity contribution in [2.45, 2.75) is 20.4 Å². The number of non-ortho nitro benzene ring substituents is 1. The smallest absolute Gasteiger partial charge is 0.278 e. The zero-order valence-electron chi connectivity index (χ0n) is 15.1. The van der Waals surface area contributed by atoms with Gasteiger partial charge < -0.3 is 10.6 Å². The summed E-state index contributed by atoms with van der Waals surface area (Å²) < 4.78 is 0. The van der Waals surface area contributed by atoms with E-state index in [1.165, 1.54) is 12.3 Å². The van der Waals surface area contributed by atoms with Crippen LogP contribution in [0.3, 0.4) is 0 Å². The molecule has 1 heterocycles. The number of nitro benzene ring substituents is 1. The highest BCUT2D eigenvalue weighted by molar-refractivity contribution is 5.99. The number of carbonyl (C=O) groups is 1. The van der Waals surface area contributed by atoms with Crippen LogP contribution in [0.5, 0.6) is 0 Å². The number of amides is 1. The lowest BCUT2D eigenvalue weighted by atomic mass is 10.1. The summed E-state index contributed by atoms with van der Waals surface area (Å²) in [5.41, 5.74) is 2.54. The van der Waals surface area contributed by atoms with Crippen molar-refractivity contribution in [2.75, 3.05) is 10.6 Å². The van der Waals surface area contributed by atoms with Gasteiger partial charge in [-0.3, -0.25) is 19.9 Å². The van der Waals surface area contributed by atoms with Gasteiger partial charge in [-0.05, 0) is 29.8 Å². The Hall–Kier alpha value is -3.48. The minimum Gasteiger partial charge on any atom is -0.380 e. The fraction of sp³-hybridized carbons (Fsp3) is 0.200. The van der Waals surface area contributed by atoms with Gasteiger partial charge in [-0.2, -0.15) is 0 Å². The number of nitro groups is 1. The molecular formula is C20H20N4O3. The van der Waals surface area contributed by atoms with Crippen molar-refractivity contribution in [1.29, 1.82) is 0 Å². The van der Waals surface area contributed by atoms with Crippen molar-refractivity contribution >= 4 is 33.7 Å². The lowest BCUT2D eigenvalue weighted by Gasteiger charge is -2.12. The third-order valence-electron chi connectivity index (χ3n) is 4.19. The van der Waals surface area contributed by atoms with E-state index in [-0.39, 0.29) is 17.5 Å². The Morgan fingerprint density at radius 1 is 1.19 bits per heavy atom. The molecule has 7 heteroatoms. The van der Waals surface area contributed by atoms with Crippen LogP contribution in [0.2, 0.25) is 0 Å². The van der Waals surface area contributed by atoms with Gasteiger partial charge in [0, 0.05) is 47.7 Å². The average molecular weight is 364 g/mol. The molecule has 0 saturated heterocycles. The van der Waals surface area contributed by atoms with E-state index >= 15 is 0 Å². The summed E-state index contributed by atoms with van der Waals surface area (Å²) in [6.07, 6.45) is 3.11. The Balaban J connectivity index is 1.81. The van der Waals surface area contributed by atoms with Crippen molar-refractivity contribution in [3.63, 3.8) is 0 Å². The van der Waals surface area contributed by atoms with Crippen molar-refractivity contribution in [1.82, 2.24) is 4.98 Å². The molecule has 3 aromatic rings. The Bertz CT molecular complexity index is 1000. The Kier molecular flexibility index (Phi) is 5.30. The number of rotatable bonds is 6. The van der Waals surface area contributed by atoms with Crippen molar-refractivity contribution in [2.24, 2.45) is 5.92 Å². The summed E-state index contributed by atoms with van der Waals surface area (Å²) in [5.74, 6) is -0.124. The number of carbonyl (C=O) groups excluding carboxylic acids is 1. The maximum absolute atomic E-state index is 11.8. The van der Waals surface area contributed by atoms with Gasteiger partial charge in [0.05, 0.1) is 10.3 Å². The summed E-state index contributed by atoms with van der Waals surface area (Å²) >= 11 is 0. The average Bonchev–Trinajstić information content (AvgIpc) is 2.66. The number of benzene rings is 2.